The maximum absolute atomic E-state index is 11.7. The van der Waals surface area contributed by atoms with E-state index in [-0.39, 0.29) is 17.5 Å². The molecule has 0 aliphatic rings. The Bertz CT molecular complexity index is 1190. The minimum absolute atomic E-state index is 0.0368. The Morgan fingerprint density at radius 1 is 1.10 bits per heavy atom. The van der Waals surface area contributed by atoms with Gasteiger partial charge in [-0.2, -0.15) is 9.50 Å². The summed E-state index contributed by atoms with van der Waals surface area (Å²) in [6.07, 6.45) is 1.51. The van der Waals surface area contributed by atoms with Gasteiger partial charge in [-0.15, -0.1) is 5.10 Å². The maximum Gasteiger partial charge on any atom is 0.269 e. The van der Waals surface area contributed by atoms with Gasteiger partial charge in [-0.05, 0) is 37.3 Å². The van der Waals surface area contributed by atoms with E-state index in [4.69, 9.17) is 4.74 Å². The van der Waals surface area contributed by atoms with E-state index in [1.54, 1.807) is 50.4 Å². The molecule has 0 bridgehead atoms. The summed E-state index contributed by atoms with van der Waals surface area (Å²) in [6, 6.07) is 11.8. The summed E-state index contributed by atoms with van der Waals surface area (Å²) in [5, 5.41) is 19.7. The molecule has 0 aliphatic heterocycles. The second kappa shape index (κ2) is 7.43. The number of nitrogens with one attached hydrogen (secondary N) is 2. The van der Waals surface area contributed by atoms with Crippen LogP contribution in [0.15, 0.2) is 48.7 Å². The van der Waals surface area contributed by atoms with Crippen molar-refractivity contribution in [3.05, 3.63) is 60.0 Å². The molecular formula is C19H17N7O3. The zero-order chi connectivity index (χ0) is 20.4. The molecule has 0 saturated carbocycles. The molecule has 3 aromatic heterocycles. The molecule has 3 N–H and O–H groups in total. The number of aryl methyl sites for hydroxylation is 1. The quantitative estimate of drug-likeness (QED) is 0.473. The Labute approximate surface area is 165 Å². The van der Waals surface area contributed by atoms with Crippen LogP contribution in [0.25, 0.3) is 5.78 Å². The van der Waals surface area contributed by atoms with Crippen LogP contribution in [-0.2, 0) is 0 Å². The maximum atomic E-state index is 11.7. The number of amides is 1. The van der Waals surface area contributed by atoms with Crippen LogP contribution >= 0.6 is 0 Å². The first-order valence-corrected chi connectivity index (χ1v) is 8.68. The van der Waals surface area contributed by atoms with E-state index in [0.29, 0.717) is 28.9 Å². The lowest BCUT2D eigenvalue weighted by atomic mass is 10.3. The largest absolute Gasteiger partial charge is 0.493 e. The number of benzene rings is 1. The van der Waals surface area contributed by atoms with Crippen molar-refractivity contribution in [2.24, 2.45) is 0 Å². The summed E-state index contributed by atoms with van der Waals surface area (Å²) in [5.74, 6) is 1.36. The lowest BCUT2D eigenvalue weighted by molar-refractivity contribution is 0.0958. The summed E-state index contributed by atoms with van der Waals surface area (Å²) in [7, 11) is 1.54. The first-order valence-electron chi connectivity index (χ1n) is 8.68. The number of nitrogens with zero attached hydrogens (tertiary/aromatic N) is 5. The van der Waals surface area contributed by atoms with Gasteiger partial charge in [-0.25, -0.2) is 4.98 Å². The summed E-state index contributed by atoms with van der Waals surface area (Å²) in [5.41, 5.74) is 1.64. The van der Waals surface area contributed by atoms with Crippen LogP contribution in [0.4, 0.5) is 11.6 Å². The van der Waals surface area contributed by atoms with Crippen LogP contribution in [-0.4, -0.2) is 42.6 Å². The average Bonchev–Trinajstić information content (AvgIpc) is 3.11. The molecule has 0 fully saturated rings. The number of carbonyl (C=O) groups is 1. The number of hydrogen-bond donors (Lipinski definition) is 3. The van der Waals surface area contributed by atoms with Gasteiger partial charge in [-0.3, -0.25) is 9.78 Å². The van der Waals surface area contributed by atoms with E-state index in [0.717, 1.165) is 5.69 Å². The molecule has 0 atom stereocenters. The number of rotatable bonds is 5. The molecule has 0 unspecified atom stereocenters. The number of hydrogen-bond acceptors (Lipinski definition) is 8. The zero-order valence-corrected chi connectivity index (χ0v) is 15.6. The van der Waals surface area contributed by atoms with Gasteiger partial charge in [-0.1, -0.05) is 0 Å². The van der Waals surface area contributed by atoms with Crippen LogP contribution < -0.4 is 15.4 Å². The summed E-state index contributed by atoms with van der Waals surface area (Å²) in [4.78, 5) is 24.1. The molecule has 4 rings (SSSR count). The van der Waals surface area contributed by atoms with Gasteiger partial charge in [0, 0.05) is 36.8 Å². The highest BCUT2D eigenvalue weighted by atomic mass is 16.5. The van der Waals surface area contributed by atoms with Crippen molar-refractivity contribution in [1.29, 1.82) is 0 Å². The van der Waals surface area contributed by atoms with Gasteiger partial charge in [0.05, 0.1) is 0 Å². The van der Waals surface area contributed by atoms with Crippen molar-refractivity contribution in [2.45, 2.75) is 6.92 Å². The third-order valence-electron chi connectivity index (χ3n) is 3.96. The Kier molecular flexibility index (Phi) is 4.65. The van der Waals surface area contributed by atoms with Crippen molar-refractivity contribution in [2.75, 3.05) is 12.4 Å². The van der Waals surface area contributed by atoms with Gasteiger partial charge in [0.1, 0.15) is 17.2 Å². The van der Waals surface area contributed by atoms with Gasteiger partial charge in [0.2, 0.25) is 11.8 Å². The van der Waals surface area contributed by atoms with E-state index >= 15 is 0 Å². The second-order valence-corrected chi connectivity index (χ2v) is 6.11. The topological polar surface area (TPSA) is 127 Å². The first-order chi connectivity index (χ1) is 14.0. The molecule has 0 saturated heterocycles. The Hall–Kier alpha value is -4.21. The van der Waals surface area contributed by atoms with Gasteiger partial charge < -0.3 is 20.5 Å². The highest BCUT2D eigenvalue weighted by Crippen LogP contribution is 2.24. The first kappa shape index (κ1) is 18.2. The van der Waals surface area contributed by atoms with Crippen molar-refractivity contribution in [3.8, 4) is 17.4 Å². The molecular weight excluding hydrogens is 374 g/mol. The fraction of sp³-hybridized carbons (Fsp3) is 0.105. The van der Waals surface area contributed by atoms with Crippen LogP contribution in [0.2, 0.25) is 0 Å². The molecule has 29 heavy (non-hydrogen) atoms. The smallest absolute Gasteiger partial charge is 0.269 e. The molecule has 10 nitrogen and oxygen atoms in total. The lowest BCUT2D eigenvalue weighted by Gasteiger charge is -2.08. The minimum Gasteiger partial charge on any atom is -0.493 e. The molecule has 0 spiro atoms. The van der Waals surface area contributed by atoms with Gasteiger partial charge in [0.15, 0.2) is 0 Å². The fourth-order valence-corrected chi connectivity index (χ4v) is 2.62. The standard InChI is InChI=1S/C19H17N7O3/c1-11-9-16(27)26-19(22-11)24-18(25-26)23-12-3-5-13(6-4-12)29-14-7-8-21-15(10-14)17(28)20-2/h3-10,27H,1-2H3,(H,20,28)(H,23,25). The van der Waals surface area contributed by atoms with Crippen LogP contribution in [0.1, 0.15) is 16.2 Å². The molecule has 146 valence electrons. The van der Waals surface area contributed by atoms with E-state index in [1.165, 1.54) is 16.8 Å². The zero-order valence-electron chi connectivity index (χ0n) is 15.6. The van der Waals surface area contributed by atoms with Crippen molar-refractivity contribution < 1.29 is 14.6 Å². The number of anilines is 2. The lowest BCUT2D eigenvalue weighted by Crippen LogP contribution is -2.18. The molecule has 0 aliphatic carbocycles. The fourth-order valence-electron chi connectivity index (χ4n) is 2.62. The normalized spacial score (nSPS) is 10.7. The predicted molar refractivity (Wildman–Crippen MR) is 105 cm³/mol. The van der Waals surface area contributed by atoms with E-state index < -0.39 is 0 Å². The van der Waals surface area contributed by atoms with E-state index in [9.17, 15) is 9.90 Å². The van der Waals surface area contributed by atoms with E-state index in [1.807, 2.05) is 0 Å². The third-order valence-corrected chi connectivity index (χ3v) is 3.96. The summed E-state index contributed by atoms with van der Waals surface area (Å²) in [6.45, 7) is 1.76. The molecule has 10 heteroatoms. The average molecular weight is 391 g/mol. The van der Waals surface area contributed by atoms with Crippen molar-refractivity contribution >= 4 is 23.3 Å². The molecule has 0 radical (unpaired) electrons. The summed E-state index contributed by atoms with van der Waals surface area (Å²) >= 11 is 0. The number of fused-ring (bicyclic) bond motifs is 1. The Morgan fingerprint density at radius 2 is 1.90 bits per heavy atom. The van der Waals surface area contributed by atoms with Crippen LogP contribution in [0, 0.1) is 6.92 Å². The van der Waals surface area contributed by atoms with Crippen molar-refractivity contribution in [3.63, 3.8) is 0 Å². The summed E-state index contributed by atoms with van der Waals surface area (Å²) < 4.78 is 7.02. The number of aromatic nitrogens is 5. The van der Waals surface area contributed by atoms with E-state index in [2.05, 4.69) is 30.7 Å². The molecule has 1 aromatic carbocycles. The predicted octanol–water partition coefficient (Wildman–Crippen LogP) is 2.43. The number of aromatic hydroxyl groups is 1. The highest BCUT2D eigenvalue weighted by molar-refractivity contribution is 5.92. The van der Waals surface area contributed by atoms with Gasteiger partial charge in [0.25, 0.3) is 11.7 Å². The Morgan fingerprint density at radius 3 is 2.66 bits per heavy atom. The van der Waals surface area contributed by atoms with Crippen molar-refractivity contribution in [1.82, 2.24) is 29.9 Å². The molecule has 1 amide bonds. The van der Waals surface area contributed by atoms with Crippen LogP contribution in [0.3, 0.4) is 0 Å². The van der Waals surface area contributed by atoms with Crippen LogP contribution in [0.5, 0.6) is 17.4 Å². The van der Waals surface area contributed by atoms with Gasteiger partial charge >= 0.3 is 0 Å². The highest BCUT2D eigenvalue weighted by Gasteiger charge is 2.10. The molecule has 3 heterocycles. The number of pyridine rings is 1. The Balaban J connectivity index is 1.48. The monoisotopic (exact) mass is 391 g/mol. The number of carbonyl (C=O) groups excluding carboxylic acids is 1. The second-order valence-electron chi connectivity index (χ2n) is 6.11. The molecule has 4 aromatic rings. The number of ether oxygens (including phenoxy) is 1. The third kappa shape index (κ3) is 3.90. The minimum atomic E-state index is -0.286. The SMILES string of the molecule is CNC(=O)c1cc(Oc2ccc(Nc3nc4nc(C)cc(O)n4n3)cc2)ccn1.